The summed E-state index contributed by atoms with van der Waals surface area (Å²) in [6.07, 6.45) is -4.36. The molecule has 0 saturated heterocycles. The average Bonchev–Trinajstić information content (AvgIpc) is 2.50. The molecule has 6 heteroatoms. The van der Waals surface area contributed by atoms with Gasteiger partial charge >= 0.3 is 6.18 Å². The molecule has 1 aromatic heterocycles. The number of alkyl halides is 3. The normalized spacial score (nSPS) is 11.3. The summed E-state index contributed by atoms with van der Waals surface area (Å²) < 4.78 is 34.9. The molecule has 1 N–H and O–H groups in total. The number of thiophene rings is 1. The van der Waals surface area contributed by atoms with E-state index in [2.05, 4.69) is 0 Å². The smallest absolute Gasteiger partial charge is 0.343 e. The number of halogens is 3. The fourth-order valence-electron chi connectivity index (χ4n) is 0.676. The molecule has 0 aromatic carbocycles. The molecular formula is C7H6F3NOS. The molecule has 1 amide bonds. The van der Waals surface area contributed by atoms with Crippen molar-refractivity contribution in [2.24, 2.45) is 0 Å². The van der Waals surface area contributed by atoms with Crippen LogP contribution in [0.1, 0.15) is 10.4 Å². The van der Waals surface area contributed by atoms with Crippen LogP contribution in [-0.4, -0.2) is 18.6 Å². The fraction of sp³-hybridized carbons (Fsp3) is 0.286. The summed E-state index contributed by atoms with van der Waals surface area (Å²) in [5.41, 5.74) is 0.259. The minimum atomic E-state index is -4.36. The Morgan fingerprint density at radius 1 is 1.54 bits per heavy atom. The van der Waals surface area contributed by atoms with Gasteiger partial charge in [-0.25, -0.2) is 0 Å². The van der Waals surface area contributed by atoms with Gasteiger partial charge in [-0.15, -0.1) is 0 Å². The zero-order valence-electron chi connectivity index (χ0n) is 6.39. The zero-order chi connectivity index (χ0) is 9.90. The molecule has 0 radical (unpaired) electrons. The first-order valence-electron chi connectivity index (χ1n) is 3.36. The van der Waals surface area contributed by atoms with E-state index in [9.17, 15) is 18.0 Å². The highest BCUT2D eigenvalue weighted by atomic mass is 32.1. The highest BCUT2D eigenvalue weighted by molar-refractivity contribution is 7.08. The standard InChI is InChI=1S/C7H6F3NOS/c8-7(9,10)4-11-6(12)5-1-2-13-3-5/h1-3H,4H2,(H,11,12). The summed E-state index contributed by atoms with van der Waals surface area (Å²) >= 11 is 1.26. The maximum atomic E-state index is 11.6. The lowest BCUT2D eigenvalue weighted by Gasteiger charge is -2.06. The van der Waals surface area contributed by atoms with Crippen LogP contribution in [0.25, 0.3) is 0 Å². The van der Waals surface area contributed by atoms with E-state index in [0.29, 0.717) is 0 Å². The van der Waals surface area contributed by atoms with Crippen LogP contribution < -0.4 is 5.32 Å². The molecule has 0 aliphatic carbocycles. The molecule has 1 aromatic rings. The number of amides is 1. The van der Waals surface area contributed by atoms with Gasteiger partial charge in [0.2, 0.25) is 0 Å². The number of carbonyl (C=O) groups excluding carboxylic acids is 1. The monoisotopic (exact) mass is 209 g/mol. The van der Waals surface area contributed by atoms with Crippen molar-refractivity contribution < 1.29 is 18.0 Å². The van der Waals surface area contributed by atoms with Crippen LogP contribution in [-0.2, 0) is 0 Å². The molecule has 0 fully saturated rings. The van der Waals surface area contributed by atoms with Gasteiger partial charge in [-0.1, -0.05) is 0 Å². The molecular weight excluding hydrogens is 203 g/mol. The van der Waals surface area contributed by atoms with Crippen molar-refractivity contribution in [1.29, 1.82) is 0 Å². The van der Waals surface area contributed by atoms with Gasteiger partial charge in [0, 0.05) is 10.9 Å². The summed E-state index contributed by atoms with van der Waals surface area (Å²) in [6, 6.07) is 1.47. The predicted molar refractivity (Wildman–Crippen MR) is 42.7 cm³/mol. The van der Waals surface area contributed by atoms with Gasteiger partial charge in [-0.05, 0) is 11.4 Å². The third-order valence-electron chi connectivity index (χ3n) is 1.23. The molecule has 0 aliphatic heterocycles. The maximum Gasteiger partial charge on any atom is 0.405 e. The lowest BCUT2D eigenvalue weighted by Crippen LogP contribution is -2.33. The molecule has 0 bridgehead atoms. The first-order chi connectivity index (χ1) is 5.99. The Kier molecular flexibility index (Phi) is 2.92. The van der Waals surface area contributed by atoms with Crippen molar-refractivity contribution in [2.75, 3.05) is 6.54 Å². The van der Waals surface area contributed by atoms with Crippen LogP contribution in [0.15, 0.2) is 16.8 Å². The van der Waals surface area contributed by atoms with Crippen molar-refractivity contribution in [2.45, 2.75) is 6.18 Å². The second-order valence-electron chi connectivity index (χ2n) is 2.31. The largest absolute Gasteiger partial charge is 0.405 e. The summed E-state index contributed by atoms with van der Waals surface area (Å²) in [7, 11) is 0. The molecule has 13 heavy (non-hydrogen) atoms. The Balaban J connectivity index is 2.44. The third kappa shape index (κ3) is 3.45. The van der Waals surface area contributed by atoms with Gasteiger partial charge in [-0.2, -0.15) is 24.5 Å². The average molecular weight is 209 g/mol. The van der Waals surface area contributed by atoms with E-state index < -0.39 is 18.6 Å². The molecule has 2 nitrogen and oxygen atoms in total. The van der Waals surface area contributed by atoms with Crippen LogP contribution in [0.5, 0.6) is 0 Å². The first-order valence-corrected chi connectivity index (χ1v) is 4.30. The van der Waals surface area contributed by atoms with Crippen LogP contribution in [0, 0.1) is 0 Å². The molecule has 0 atom stereocenters. The highest BCUT2D eigenvalue weighted by Crippen LogP contribution is 2.13. The minimum absolute atomic E-state index is 0.259. The first kappa shape index (κ1) is 10.0. The SMILES string of the molecule is O=C(NCC(F)(F)F)c1ccsc1. The number of hydrogen-bond acceptors (Lipinski definition) is 2. The second-order valence-corrected chi connectivity index (χ2v) is 3.09. The van der Waals surface area contributed by atoms with Crippen molar-refractivity contribution in [3.8, 4) is 0 Å². The van der Waals surface area contributed by atoms with Gasteiger partial charge in [0.1, 0.15) is 6.54 Å². The number of carbonyl (C=O) groups is 1. The van der Waals surface area contributed by atoms with E-state index in [0.717, 1.165) is 0 Å². The molecule has 1 heterocycles. The van der Waals surface area contributed by atoms with Gasteiger partial charge < -0.3 is 5.32 Å². The van der Waals surface area contributed by atoms with Gasteiger partial charge in [0.25, 0.3) is 5.91 Å². The Hall–Kier alpha value is -1.04. The zero-order valence-corrected chi connectivity index (χ0v) is 7.21. The molecule has 0 aliphatic rings. The van der Waals surface area contributed by atoms with Gasteiger partial charge in [0.05, 0.1) is 0 Å². The van der Waals surface area contributed by atoms with Crippen LogP contribution >= 0.6 is 11.3 Å². The number of hydrogen-bond donors (Lipinski definition) is 1. The van der Waals surface area contributed by atoms with Crippen molar-refractivity contribution >= 4 is 17.2 Å². The fourth-order valence-corrected chi connectivity index (χ4v) is 1.31. The second kappa shape index (κ2) is 3.78. The molecule has 0 spiro atoms. The summed E-state index contributed by atoms with van der Waals surface area (Å²) in [4.78, 5) is 10.9. The molecule has 72 valence electrons. The Morgan fingerprint density at radius 3 is 2.69 bits per heavy atom. The highest BCUT2D eigenvalue weighted by Gasteiger charge is 2.27. The minimum Gasteiger partial charge on any atom is -0.343 e. The van der Waals surface area contributed by atoms with Gasteiger partial charge in [0.15, 0.2) is 0 Å². The predicted octanol–water partition coefficient (Wildman–Crippen LogP) is 2.04. The van der Waals surface area contributed by atoms with Crippen molar-refractivity contribution in [3.63, 3.8) is 0 Å². The van der Waals surface area contributed by atoms with E-state index in [-0.39, 0.29) is 5.56 Å². The van der Waals surface area contributed by atoms with E-state index in [4.69, 9.17) is 0 Å². The van der Waals surface area contributed by atoms with E-state index in [1.54, 1.807) is 10.7 Å². The molecule has 1 rings (SSSR count). The molecule has 0 unspecified atom stereocenters. The van der Waals surface area contributed by atoms with Crippen molar-refractivity contribution in [1.82, 2.24) is 5.32 Å². The van der Waals surface area contributed by atoms with Crippen LogP contribution in [0.2, 0.25) is 0 Å². The number of rotatable bonds is 2. The maximum absolute atomic E-state index is 11.6. The lowest BCUT2D eigenvalue weighted by molar-refractivity contribution is -0.123. The van der Waals surface area contributed by atoms with Crippen molar-refractivity contribution in [3.05, 3.63) is 22.4 Å². The third-order valence-corrected chi connectivity index (χ3v) is 1.92. The molecule has 0 saturated carbocycles. The topological polar surface area (TPSA) is 29.1 Å². The van der Waals surface area contributed by atoms with E-state index in [1.165, 1.54) is 22.8 Å². The Morgan fingerprint density at radius 2 is 2.23 bits per heavy atom. The van der Waals surface area contributed by atoms with Gasteiger partial charge in [-0.3, -0.25) is 4.79 Å². The summed E-state index contributed by atoms with van der Waals surface area (Å²) in [5, 5.41) is 4.89. The Bertz CT molecular complexity index is 280. The quantitative estimate of drug-likeness (QED) is 0.793. The van der Waals surface area contributed by atoms with Crippen LogP contribution in [0.4, 0.5) is 13.2 Å². The summed E-state index contributed by atoms with van der Waals surface area (Å²) in [5.74, 6) is -0.696. The van der Waals surface area contributed by atoms with Crippen LogP contribution in [0.3, 0.4) is 0 Å². The lowest BCUT2D eigenvalue weighted by atomic mass is 10.3. The Labute approximate surface area is 76.4 Å². The van der Waals surface area contributed by atoms with E-state index >= 15 is 0 Å². The van der Waals surface area contributed by atoms with E-state index in [1.807, 2.05) is 0 Å². The number of nitrogens with one attached hydrogen (secondary N) is 1. The summed E-state index contributed by atoms with van der Waals surface area (Å²) in [6.45, 7) is -1.29.